The van der Waals surface area contributed by atoms with Gasteiger partial charge in [0.2, 0.25) is 10.0 Å². The van der Waals surface area contributed by atoms with Crippen molar-refractivity contribution < 1.29 is 17.9 Å². The fourth-order valence-electron chi connectivity index (χ4n) is 2.71. The zero-order valence-corrected chi connectivity index (χ0v) is 14.8. The van der Waals surface area contributed by atoms with Crippen LogP contribution >= 0.6 is 0 Å². The number of morpholine rings is 1. The summed E-state index contributed by atoms with van der Waals surface area (Å²) in [4.78, 5) is 2.47. The normalized spacial score (nSPS) is 19.9. The first kappa shape index (κ1) is 18.2. The molecule has 1 N–H and O–H groups in total. The number of ether oxygens (including phenoxy) is 2. The third kappa shape index (κ3) is 5.17. The summed E-state index contributed by atoms with van der Waals surface area (Å²) in [6.07, 6.45) is -0.132. The van der Waals surface area contributed by atoms with Gasteiger partial charge in [-0.2, -0.15) is 0 Å². The second-order valence-electron chi connectivity index (χ2n) is 6.15. The molecule has 1 atom stereocenters. The van der Waals surface area contributed by atoms with Gasteiger partial charge in [0.25, 0.3) is 0 Å². The van der Waals surface area contributed by atoms with E-state index >= 15 is 0 Å². The Balaban J connectivity index is 1.96. The summed E-state index contributed by atoms with van der Waals surface area (Å²) in [6.45, 7) is 7.88. The van der Waals surface area contributed by atoms with E-state index in [1.807, 2.05) is 0 Å². The molecule has 1 aliphatic rings. The largest absolute Gasteiger partial charge is 0.495 e. The molecule has 0 spiro atoms. The minimum absolute atomic E-state index is 0.132. The van der Waals surface area contributed by atoms with Crippen LogP contribution in [0.15, 0.2) is 29.2 Å². The summed E-state index contributed by atoms with van der Waals surface area (Å²) in [5.41, 5.74) is 0. The van der Waals surface area contributed by atoms with Crippen molar-refractivity contribution in [3.05, 3.63) is 24.3 Å². The van der Waals surface area contributed by atoms with Crippen LogP contribution in [0.25, 0.3) is 0 Å². The van der Waals surface area contributed by atoms with E-state index in [1.165, 1.54) is 13.2 Å². The van der Waals surface area contributed by atoms with Gasteiger partial charge in [-0.3, -0.25) is 4.90 Å². The molecule has 0 aliphatic carbocycles. The lowest BCUT2D eigenvalue weighted by atomic mass is 10.2. The molecule has 6 nitrogen and oxygen atoms in total. The first-order chi connectivity index (χ1) is 10.9. The second-order valence-corrected chi connectivity index (χ2v) is 7.88. The van der Waals surface area contributed by atoms with Crippen molar-refractivity contribution in [2.24, 2.45) is 5.92 Å². The Morgan fingerprint density at radius 1 is 1.39 bits per heavy atom. The van der Waals surface area contributed by atoms with Gasteiger partial charge in [-0.25, -0.2) is 13.1 Å². The molecule has 130 valence electrons. The summed E-state index contributed by atoms with van der Waals surface area (Å²) in [5.74, 6) is 0.921. The maximum absolute atomic E-state index is 12.5. The fraction of sp³-hybridized carbons (Fsp3) is 0.625. The molecule has 0 radical (unpaired) electrons. The Bertz CT molecular complexity index is 604. The Hall–Kier alpha value is -1.15. The number of methoxy groups -OCH3 is 1. The van der Waals surface area contributed by atoms with Gasteiger partial charge >= 0.3 is 0 Å². The average Bonchev–Trinajstić information content (AvgIpc) is 2.53. The van der Waals surface area contributed by atoms with Crippen LogP contribution in [0.5, 0.6) is 5.75 Å². The molecule has 1 unspecified atom stereocenters. The van der Waals surface area contributed by atoms with E-state index < -0.39 is 10.0 Å². The molecule has 1 aliphatic heterocycles. The minimum atomic E-state index is -3.62. The minimum Gasteiger partial charge on any atom is -0.495 e. The molecule has 0 bridgehead atoms. The molecule has 23 heavy (non-hydrogen) atoms. The van der Waals surface area contributed by atoms with E-state index in [2.05, 4.69) is 23.5 Å². The molecule has 0 aromatic heterocycles. The third-order valence-electron chi connectivity index (χ3n) is 3.71. The van der Waals surface area contributed by atoms with Crippen molar-refractivity contribution in [3.8, 4) is 5.75 Å². The van der Waals surface area contributed by atoms with Crippen LogP contribution in [0.4, 0.5) is 0 Å². The smallest absolute Gasteiger partial charge is 0.244 e. The molecule has 2 rings (SSSR count). The molecular weight excluding hydrogens is 316 g/mol. The van der Waals surface area contributed by atoms with Crippen molar-refractivity contribution in [1.29, 1.82) is 0 Å². The Morgan fingerprint density at radius 3 is 2.83 bits per heavy atom. The maximum atomic E-state index is 12.5. The number of para-hydroxylation sites is 1. The molecule has 1 fully saturated rings. The van der Waals surface area contributed by atoms with Crippen LogP contribution in [-0.2, 0) is 14.8 Å². The number of hydrogen-bond acceptors (Lipinski definition) is 5. The number of benzene rings is 1. The summed E-state index contributed by atoms with van der Waals surface area (Å²) < 4.78 is 38.3. The van der Waals surface area contributed by atoms with Gasteiger partial charge in [0.15, 0.2) is 0 Å². The number of sulfonamides is 1. The van der Waals surface area contributed by atoms with Crippen molar-refractivity contribution >= 4 is 10.0 Å². The standard InChI is InChI=1S/C16H26N2O4S/c1-13(2)11-18-8-9-22-14(12-18)10-17-23(19,20)16-7-5-4-6-15(16)21-3/h4-7,13-14,17H,8-12H2,1-3H3. The van der Waals surface area contributed by atoms with E-state index in [-0.39, 0.29) is 17.5 Å². The molecule has 1 aromatic carbocycles. The van der Waals surface area contributed by atoms with Crippen LogP contribution < -0.4 is 9.46 Å². The quantitative estimate of drug-likeness (QED) is 0.810. The summed E-state index contributed by atoms with van der Waals surface area (Å²) in [6, 6.07) is 6.59. The van der Waals surface area contributed by atoms with Gasteiger partial charge in [0.05, 0.1) is 19.8 Å². The monoisotopic (exact) mass is 342 g/mol. The van der Waals surface area contributed by atoms with Crippen molar-refractivity contribution in [2.75, 3.05) is 39.9 Å². The lowest BCUT2D eigenvalue weighted by molar-refractivity contribution is -0.0280. The number of nitrogens with zero attached hydrogens (tertiary/aromatic N) is 1. The Kier molecular flexibility index (Phi) is 6.41. The molecule has 1 heterocycles. The lowest BCUT2D eigenvalue weighted by Crippen LogP contribution is -2.48. The molecule has 0 amide bonds. The highest BCUT2D eigenvalue weighted by Crippen LogP contribution is 2.22. The first-order valence-corrected chi connectivity index (χ1v) is 9.37. The van der Waals surface area contributed by atoms with E-state index in [0.717, 1.165) is 19.6 Å². The van der Waals surface area contributed by atoms with Crippen LogP contribution in [0.2, 0.25) is 0 Å². The number of nitrogens with one attached hydrogen (secondary N) is 1. The van der Waals surface area contributed by atoms with E-state index in [0.29, 0.717) is 18.3 Å². The van der Waals surface area contributed by atoms with Crippen LogP contribution in [0.3, 0.4) is 0 Å². The van der Waals surface area contributed by atoms with Gasteiger partial charge in [-0.05, 0) is 18.1 Å². The highest BCUT2D eigenvalue weighted by Gasteiger charge is 2.24. The van der Waals surface area contributed by atoms with Gasteiger partial charge in [-0.1, -0.05) is 26.0 Å². The van der Waals surface area contributed by atoms with Crippen molar-refractivity contribution in [3.63, 3.8) is 0 Å². The number of hydrogen-bond donors (Lipinski definition) is 1. The number of rotatable bonds is 7. The molecular formula is C16H26N2O4S. The molecule has 7 heteroatoms. The SMILES string of the molecule is COc1ccccc1S(=O)(=O)NCC1CN(CC(C)C)CCO1. The zero-order valence-electron chi connectivity index (χ0n) is 14.0. The van der Waals surface area contributed by atoms with Gasteiger partial charge < -0.3 is 9.47 Å². The lowest BCUT2D eigenvalue weighted by Gasteiger charge is -2.33. The fourth-order valence-corrected chi connectivity index (χ4v) is 3.94. The van der Waals surface area contributed by atoms with E-state index in [9.17, 15) is 8.42 Å². The predicted octanol–water partition coefficient (Wildman–Crippen LogP) is 1.33. The predicted molar refractivity (Wildman–Crippen MR) is 89.2 cm³/mol. The summed E-state index contributed by atoms with van der Waals surface area (Å²) in [7, 11) is -2.16. The molecule has 1 saturated heterocycles. The van der Waals surface area contributed by atoms with Gasteiger partial charge in [0.1, 0.15) is 10.6 Å². The van der Waals surface area contributed by atoms with Crippen LogP contribution in [0.1, 0.15) is 13.8 Å². The van der Waals surface area contributed by atoms with E-state index in [4.69, 9.17) is 9.47 Å². The Labute approximate surface area is 138 Å². The highest BCUT2D eigenvalue weighted by molar-refractivity contribution is 7.89. The Morgan fingerprint density at radius 2 is 2.13 bits per heavy atom. The van der Waals surface area contributed by atoms with Crippen molar-refractivity contribution in [2.45, 2.75) is 24.8 Å². The van der Waals surface area contributed by atoms with Gasteiger partial charge in [-0.15, -0.1) is 0 Å². The van der Waals surface area contributed by atoms with Crippen molar-refractivity contribution in [1.82, 2.24) is 9.62 Å². The zero-order chi connectivity index (χ0) is 16.9. The maximum Gasteiger partial charge on any atom is 0.244 e. The average molecular weight is 342 g/mol. The molecule has 1 aromatic rings. The topological polar surface area (TPSA) is 67.9 Å². The summed E-state index contributed by atoms with van der Waals surface area (Å²) >= 11 is 0. The first-order valence-electron chi connectivity index (χ1n) is 7.89. The van der Waals surface area contributed by atoms with Crippen LogP contribution in [0, 0.1) is 5.92 Å². The highest BCUT2D eigenvalue weighted by atomic mass is 32.2. The van der Waals surface area contributed by atoms with Crippen LogP contribution in [-0.4, -0.2) is 59.3 Å². The van der Waals surface area contributed by atoms with Gasteiger partial charge in [0, 0.05) is 26.2 Å². The second kappa shape index (κ2) is 8.10. The third-order valence-corrected chi connectivity index (χ3v) is 5.17. The molecule has 0 saturated carbocycles. The summed E-state index contributed by atoms with van der Waals surface area (Å²) in [5, 5.41) is 0. The van der Waals surface area contributed by atoms with E-state index in [1.54, 1.807) is 18.2 Å².